The van der Waals surface area contributed by atoms with Crippen LogP contribution in [0.25, 0.3) is 0 Å². The van der Waals surface area contributed by atoms with Crippen molar-refractivity contribution in [1.82, 2.24) is 0 Å². The summed E-state index contributed by atoms with van der Waals surface area (Å²) in [5, 5.41) is 14.0. The van der Waals surface area contributed by atoms with Crippen molar-refractivity contribution in [2.45, 2.75) is 20.1 Å². The number of non-ortho nitro benzene ring substituents is 1. The van der Waals surface area contributed by atoms with E-state index in [9.17, 15) is 14.5 Å². The fraction of sp³-hybridized carbons (Fsp3) is 0.182. The van der Waals surface area contributed by atoms with Gasteiger partial charge in [0.1, 0.15) is 12.4 Å². The van der Waals surface area contributed by atoms with Gasteiger partial charge >= 0.3 is 0 Å². The number of hydrogen-bond donors (Lipinski definition) is 1. The summed E-state index contributed by atoms with van der Waals surface area (Å²) in [5.41, 5.74) is 2.49. The minimum Gasteiger partial charge on any atom is -0.490 e. The molecule has 156 valence electrons. The molecule has 6 nitrogen and oxygen atoms in total. The van der Waals surface area contributed by atoms with Crippen molar-refractivity contribution in [3.63, 3.8) is 0 Å². The summed E-state index contributed by atoms with van der Waals surface area (Å²) in [6.07, 6.45) is 0. The molecule has 0 atom stereocenters. The zero-order valence-electron chi connectivity index (χ0n) is 16.2. The average molecular weight is 431 g/mol. The Hall–Kier alpha value is -3.32. The van der Waals surface area contributed by atoms with E-state index in [4.69, 9.17) is 21.1 Å². The maximum Gasteiger partial charge on any atom is 0.269 e. The van der Waals surface area contributed by atoms with Crippen LogP contribution >= 0.6 is 11.6 Å². The normalized spacial score (nSPS) is 10.5. The molecule has 0 aliphatic heterocycles. The Morgan fingerprint density at radius 3 is 2.40 bits per heavy atom. The van der Waals surface area contributed by atoms with E-state index in [1.54, 1.807) is 18.2 Å². The monoisotopic (exact) mass is 430 g/mol. The molecule has 0 fully saturated rings. The van der Waals surface area contributed by atoms with Crippen LogP contribution in [0.4, 0.5) is 15.8 Å². The van der Waals surface area contributed by atoms with Gasteiger partial charge in [0, 0.05) is 24.4 Å². The third-order valence-corrected chi connectivity index (χ3v) is 4.56. The molecule has 0 heterocycles. The maximum atomic E-state index is 13.3. The first-order valence-corrected chi connectivity index (χ1v) is 9.65. The maximum absolute atomic E-state index is 13.3. The lowest BCUT2D eigenvalue weighted by molar-refractivity contribution is -0.384. The van der Waals surface area contributed by atoms with Crippen molar-refractivity contribution >= 4 is 23.0 Å². The Kier molecular flexibility index (Phi) is 7.08. The van der Waals surface area contributed by atoms with E-state index in [1.807, 2.05) is 25.1 Å². The number of nitrogens with zero attached hydrogens (tertiary/aromatic N) is 1. The molecule has 3 aromatic carbocycles. The van der Waals surface area contributed by atoms with E-state index >= 15 is 0 Å². The molecule has 0 spiro atoms. The molecule has 0 unspecified atom stereocenters. The van der Waals surface area contributed by atoms with E-state index in [2.05, 4.69) is 5.32 Å². The van der Waals surface area contributed by atoms with Gasteiger partial charge in [0.2, 0.25) is 0 Å². The van der Waals surface area contributed by atoms with E-state index in [-0.39, 0.29) is 17.3 Å². The standard InChI is InChI=1S/C22H20ClFN2O4/c1-2-29-22-11-16(13-25-17-6-9-20(24)19(23)12-17)5-10-21(22)30-14-15-3-7-18(8-4-15)26(27)28/h3-12,25H,2,13-14H2,1H3. The number of rotatable bonds is 9. The van der Waals surface area contributed by atoms with E-state index < -0.39 is 10.7 Å². The van der Waals surface area contributed by atoms with Gasteiger partial charge in [-0.3, -0.25) is 10.1 Å². The van der Waals surface area contributed by atoms with Crippen LogP contribution in [0.2, 0.25) is 5.02 Å². The Bertz CT molecular complexity index is 1030. The number of halogens is 2. The number of hydrogen-bond acceptors (Lipinski definition) is 5. The Labute approximate surface area is 178 Å². The van der Waals surface area contributed by atoms with Crippen molar-refractivity contribution < 1.29 is 18.8 Å². The van der Waals surface area contributed by atoms with Gasteiger partial charge in [-0.1, -0.05) is 17.7 Å². The summed E-state index contributed by atoms with van der Waals surface area (Å²) in [5.74, 6) is 0.704. The molecule has 1 N–H and O–H groups in total. The highest BCUT2D eigenvalue weighted by atomic mass is 35.5. The molecule has 8 heteroatoms. The highest BCUT2D eigenvalue weighted by Crippen LogP contribution is 2.30. The number of nitro groups is 1. The van der Waals surface area contributed by atoms with Gasteiger partial charge in [-0.2, -0.15) is 0 Å². The molecule has 30 heavy (non-hydrogen) atoms. The fourth-order valence-electron chi connectivity index (χ4n) is 2.74. The zero-order valence-corrected chi connectivity index (χ0v) is 17.0. The molecule has 3 rings (SSSR count). The van der Waals surface area contributed by atoms with Gasteiger partial charge < -0.3 is 14.8 Å². The van der Waals surface area contributed by atoms with Crippen molar-refractivity contribution in [2.24, 2.45) is 0 Å². The van der Waals surface area contributed by atoms with Crippen molar-refractivity contribution in [3.8, 4) is 11.5 Å². The van der Waals surface area contributed by atoms with Gasteiger partial charge in [0.15, 0.2) is 11.5 Å². The largest absolute Gasteiger partial charge is 0.490 e. The molecule has 0 aromatic heterocycles. The summed E-state index contributed by atoms with van der Waals surface area (Å²) >= 11 is 5.81. The lowest BCUT2D eigenvalue weighted by atomic mass is 10.2. The lowest BCUT2D eigenvalue weighted by Crippen LogP contribution is -2.03. The summed E-state index contributed by atoms with van der Waals surface area (Å²) in [6.45, 7) is 3.10. The first-order chi connectivity index (χ1) is 14.5. The Morgan fingerprint density at radius 2 is 1.73 bits per heavy atom. The highest BCUT2D eigenvalue weighted by molar-refractivity contribution is 6.31. The van der Waals surface area contributed by atoms with Crippen molar-refractivity contribution in [1.29, 1.82) is 0 Å². The molecule has 0 bridgehead atoms. The second-order valence-corrected chi connectivity index (χ2v) is 6.82. The smallest absolute Gasteiger partial charge is 0.269 e. The van der Waals surface area contributed by atoms with Crippen LogP contribution in [0.5, 0.6) is 11.5 Å². The van der Waals surface area contributed by atoms with E-state index in [0.29, 0.717) is 30.3 Å². The van der Waals surface area contributed by atoms with Gasteiger partial charge in [0.25, 0.3) is 5.69 Å². The minimum atomic E-state index is -0.463. The number of ether oxygens (including phenoxy) is 2. The number of nitro benzene ring substituents is 1. The SMILES string of the molecule is CCOc1cc(CNc2ccc(F)c(Cl)c2)ccc1OCc1ccc([N+](=O)[O-])cc1. The van der Waals surface area contributed by atoms with Crippen molar-refractivity contribution in [2.75, 3.05) is 11.9 Å². The topological polar surface area (TPSA) is 73.6 Å². The van der Waals surface area contributed by atoms with Crippen molar-refractivity contribution in [3.05, 3.63) is 92.7 Å². The predicted octanol–water partition coefficient (Wildman–Crippen LogP) is 5.98. The molecule has 0 aliphatic rings. The van der Waals surface area contributed by atoms with E-state index in [1.165, 1.54) is 24.3 Å². The number of nitrogens with one attached hydrogen (secondary N) is 1. The van der Waals surface area contributed by atoms with Gasteiger partial charge in [-0.25, -0.2) is 4.39 Å². The molecule has 0 aliphatic carbocycles. The quantitative estimate of drug-likeness (QED) is 0.334. The van der Waals surface area contributed by atoms with Crippen LogP contribution in [-0.4, -0.2) is 11.5 Å². The zero-order chi connectivity index (χ0) is 21.5. The van der Waals surface area contributed by atoms with Crippen LogP contribution < -0.4 is 14.8 Å². The molecule has 0 saturated carbocycles. The molecular formula is C22H20ClFN2O4. The summed E-state index contributed by atoms with van der Waals surface area (Å²) < 4.78 is 24.8. The third-order valence-electron chi connectivity index (χ3n) is 4.27. The number of benzene rings is 3. The fourth-order valence-corrected chi connectivity index (χ4v) is 2.92. The Balaban J connectivity index is 1.66. The van der Waals surface area contributed by atoms with Gasteiger partial charge in [-0.05, 0) is 60.5 Å². The second kappa shape index (κ2) is 9.93. The molecule has 3 aromatic rings. The molecule has 0 amide bonds. The summed E-state index contributed by atoms with van der Waals surface area (Å²) in [6, 6.07) is 16.2. The first-order valence-electron chi connectivity index (χ1n) is 9.27. The average Bonchev–Trinajstić information content (AvgIpc) is 2.74. The van der Waals surface area contributed by atoms with Crippen LogP contribution in [0, 0.1) is 15.9 Å². The summed E-state index contributed by atoms with van der Waals surface area (Å²) in [4.78, 5) is 10.3. The molecule has 0 radical (unpaired) electrons. The van der Waals surface area contributed by atoms with Crippen LogP contribution in [0.3, 0.4) is 0 Å². The lowest BCUT2D eigenvalue weighted by Gasteiger charge is -2.14. The Morgan fingerprint density at radius 1 is 1.00 bits per heavy atom. The molecular weight excluding hydrogens is 411 g/mol. The second-order valence-electron chi connectivity index (χ2n) is 6.41. The van der Waals surface area contributed by atoms with Crippen LogP contribution in [-0.2, 0) is 13.2 Å². The van der Waals surface area contributed by atoms with Gasteiger partial charge in [0.05, 0.1) is 16.6 Å². The van der Waals surface area contributed by atoms with Crippen LogP contribution in [0.15, 0.2) is 60.7 Å². The van der Waals surface area contributed by atoms with E-state index in [0.717, 1.165) is 11.1 Å². The van der Waals surface area contributed by atoms with Crippen LogP contribution in [0.1, 0.15) is 18.1 Å². The predicted molar refractivity (Wildman–Crippen MR) is 114 cm³/mol. The first kappa shape index (κ1) is 21.4. The minimum absolute atomic E-state index is 0.0352. The molecule has 0 saturated heterocycles. The number of anilines is 1. The summed E-state index contributed by atoms with van der Waals surface area (Å²) in [7, 11) is 0. The third kappa shape index (κ3) is 5.61. The highest BCUT2D eigenvalue weighted by Gasteiger charge is 2.09. The van der Waals surface area contributed by atoms with Gasteiger partial charge in [-0.15, -0.1) is 0 Å².